The summed E-state index contributed by atoms with van der Waals surface area (Å²) in [6, 6.07) is 8.33. The van der Waals surface area contributed by atoms with Gasteiger partial charge in [0.15, 0.2) is 9.84 Å². The molecule has 2 aromatic rings. The summed E-state index contributed by atoms with van der Waals surface area (Å²) in [6.07, 6.45) is -4.08. The number of hydrogen-bond acceptors (Lipinski definition) is 5. The van der Waals surface area contributed by atoms with Gasteiger partial charge in [-0.25, -0.2) is 8.42 Å². The van der Waals surface area contributed by atoms with Crippen LogP contribution in [0.15, 0.2) is 59.6 Å². The van der Waals surface area contributed by atoms with Gasteiger partial charge < -0.3 is 15.0 Å². The molecule has 0 radical (unpaired) electrons. The van der Waals surface area contributed by atoms with E-state index in [9.17, 15) is 31.2 Å². The minimum atomic E-state index is -5.05. The molecule has 33 heavy (non-hydrogen) atoms. The van der Waals surface area contributed by atoms with E-state index in [1.807, 2.05) is 0 Å². The van der Waals surface area contributed by atoms with Crippen molar-refractivity contribution in [2.45, 2.75) is 42.4 Å². The monoisotopic (exact) mass is 480 g/mol. The molecule has 2 aromatic carbocycles. The lowest BCUT2D eigenvalue weighted by Gasteiger charge is -2.30. The van der Waals surface area contributed by atoms with Crippen LogP contribution in [0.25, 0.3) is 0 Å². The van der Waals surface area contributed by atoms with Crippen molar-refractivity contribution in [3.05, 3.63) is 71.4 Å². The zero-order valence-corrected chi connectivity index (χ0v) is 18.0. The number of carbonyl (C=O) groups is 2. The molecule has 11 heteroatoms. The molecule has 0 aromatic heterocycles. The Balaban J connectivity index is 1.57. The Bertz CT molecular complexity index is 1260. The van der Waals surface area contributed by atoms with Crippen LogP contribution in [0.5, 0.6) is 5.75 Å². The van der Waals surface area contributed by atoms with Crippen LogP contribution < -0.4 is 10.1 Å². The van der Waals surface area contributed by atoms with Gasteiger partial charge in [-0.1, -0.05) is 30.8 Å². The molecule has 1 saturated heterocycles. The topological polar surface area (TPSA) is 92.8 Å². The first-order valence-corrected chi connectivity index (χ1v) is 11.6. The zero-order valence-electron chi connectivity index (χ0n) is 17.2. The molecule has 7 nitrogen and oxygen atoms in total. The maximum absolute atomic E-state index is 13.0. The highest BCUT2D eigenvalue weighted by Gasteiger charge is 2.38. The van der Waals surface area contributed by atoms with Crippen LogP contribution in [0.3, 0.4) is 0 Å². The smallest absolute Gasteiger partial charge is 0.404 e. The van der Waals surface area contributed by atoms with Gasteiger partial charge in [-0.15, -0.1) is 13.2 Å². The summed E-state index contributed by atoms with van der Waals surface area (Å²) in [5.41, 5.74) is 1.72. The van der Waals surface area contributed by atoms with Crippen LogP contribution >= 0.6 is 0 Å². The number of nitrogens with one attached hydrogen (secondary N) is 1. The quantitative estimate of drug-likeness (QED) is 0.709. The van der Waals surface area contributed by atoms with Gasteiger partial charge >= 0.3 is 6.36 Å². The second kappa shape index (κ2) is 8.22. The molecule has 174 valence electrons. The number of fused-ring (bicyclic) bond motifs is 1. The molecule has 1 atom stereocenters. The predicted octanol–water partition coefficient (Wildman–Crippen LogP) is 3.31. The Hall–Kier alpha value is -3.34. The Morgan fingerprint density at radius 3 is 2.58 bits per heavy atom. The third-order valence-corrected chi connectivity index (χ3v) is 7.19. The minimum absolute atomic E-state index is 0.202. The number of ether oxygens (including phenoxy) is 1. The van der Waals surface area contributed by atoms with Crippen LogP contribution in [-0.2, 0) is 26.9 Å². The molecule has 0 aliphatic carbocycles. The standard InChI is InChI=1S/C22H19F3N2O5S/c1-13-6-9-17(20(28)26-13)27-11-15-8-7-14(10-16(15)21(27)29)12-33(30,31)19-5-3-2-4-18(19)32-22(23,24)25/h2-5,7-8,10,17H,1,6,9,11-12H2,(H,26,28). The van der Waals surface area contributed by atoms with E-state index in [2.05, 4.69) is 16.6 Å². The SMILES string of the molecule is C=C1CCC(N2Cc3ccc(CS(=O)(=O)c4ccccc4OC(F)(F)F)cc3C2=O)C(=O)N1. The lowest BCUT2D eigenvalue weighted by Crippen LogP contribution is -2.49. The van der Waals surface area contributed by atoms with E-state index in [4.69, 9.17) is 0 Å². The first-order valence-electron chi connectivity index (χ1n) is 9.93. The van der Waals surface area contributed by atoms with E-state index in [1.165, 1.54) is 29.2 Å². The first-order chi connectivity index (χ1) is 15.4. The van der Waals surface area contributed by atoms with Crippen molar-refractivity contribution in [2.24, 2.45) is 0 Å². The third-order valence-electron chi connectivity index (χ3n) is 5.47. The van der Waals surface area contributed by atoms with Crippen molar-refractivity contribution in [1.29, 1.82) is 0 Å². The van der Waals surface area contributed by atoms with Crippen LogP contribution in [0.1, 0.15) is 34.3 Å². The van der Waals surface area contributed by atoms with Gasteiger partial charge in [0.1, 0.15) is 16.7 Å². The molecule has 1 N–H and O–H groups in total. The molecule has 1 fully saturated rings. The van der Waals surface area contributed by atoms with Gasteiger partial charge in [-0.05, 0) is 42.2 Å². The van der Waals surface area contributed by atoms with Gasteiger partial charge in [-0.2, -0.15) is 0 Å². The predicted molar refractivity (Wildman–Crippen MR) is 111 cm³/mol. The third kappa shape index (κ3) is 4.72. The molecule has 4 rings (SSSR count). The van der Waals surface area contributed by atoms with Gasteiger partial charge in [-0.3, -0.25) is 9.59 Å². The zero-order chi connectivity index (χ0) is 24.0. The summed E-state index contributed by atoms with van der Waals surface area (Å²) in [7, 11) is -4.22. The summed E-state index contributed by atoms with van der Waals surface area (Å²) in [5.74, 6) is -2.18. The highest BCUT2D eigenvalue weighted by Crippen LogP contribution is 2.33. The largest absolute Gasteiger partial charge is 0.573 e. The molecular formula is C22H19F3N2O5S. The molecule has 1 unspecified atom stereocenters. The van der Waals surface area contributed by atoms with E-state index in [0.29, 0.717) is 24.1 Å². The average molecular weight is 480 g/mol. The molecule has 2 aliphatic heterocycles. The number of sulfone groups is 1. The second-order valence-corrected chi connectivity index (χ2v) is 9.78. The average Bonchev–Trinajstić information content (AvgIpc) is 3.03. The van der Waals surface area contributed by atoms with Crippen LogP contribution in [0, 0.1) is 0 Å². The number of rotatable bonds is 5. The van der Waals surface area contributed by atoms with Gasteiger partial charge in [0, 0.05) is 17.8 Å². The summed E-state index contributed by atoms with van der Waals surface area (Å²) in [5, 5.41) is 2.64. The van der Waals surface area contributed by atoms with Gasteiger partial charge in [0.25, 0.3) is 5.91 Å². The maximum Gasteiger partial charge on any atom is 0.573 e. The number of amides is 2. The summed E-state index contributed by atoms with van der Waals surface area (Å²) in [6.45, 7) is 3.92. The minimum Gasteiger partial charge on any atom is -0.404 e. The van der Waals surface area contributed by atoms with Gasteiger partial charge in [0.05, 0.1) is 5.75 Å². The molecular weight excluding hydrogens is 461 g/mol. The Kier molecular flexibility index (Phi) is 5.69. The van der Waals surface area contributed by atoms with Crippen molar-refractivity contribution in [3.63, 3.8) is 0 Å². The normalized spacial score (nSPS) is 18.8. The molecule has 0 spiro atoms. The second-order valence-electron chi connectivity index (χ2n) is 7.83. The Labute approximate surface area is 187 Å². The molecule has 2 amide bonds. The van der Waals surface area contributed by atoms with E-state index in [1.54, 1.807) is 6.07 Å². The van der Waals surface area contributed by atoms with Crippen molar-refractivity contribution in [1.82, 2.24) is 10.2 Å². The number of benzene rings is 2. The van der Waals surface area contributed by atoms with Crippen LogP contribution in [0.4, 0.5) is 13.2 Å². The van der Waals surface area contributed by atoms with E-state index in [0.717, 1.165) is 12.1 Å². The number of nitrogens with zero attached hydrogens (tertiary/aromatic N) is 1. The van der Waals surface area contributed by atoms with E-state index >= 15 is 0 Å². The molecule has 2 heterocycles. The summed E-state index contributed by atoms with van der Waals surface area (Å²) in [4.78, 5) is 26.1. The lowest BCUT2D eigenvalue weighted by molar-refractivity contribution is -0.275. The molecule has 0 saturated carbocycles. The number of para-hydroxylation sites is 1. The summed E-state index contributed by atoms with van der Waals surface area (Å²) < 4.78 is 67.6. The number of carbonyl (C=O) groups excluding carboxylic acids is 2. The lowest BCUT2D eigenvalue weighted by atomic mass is 10.0. The number of piperidine rings is 1. The Morgan fingerprint density at radius 2 is 1.88 bits per heavy atom. The number of alkyl halides is 3. The fourth-order valence-electron chi connectivity index (χ4n) is 3.98. The van der Waals surface area contributed by atoms with Crippen LogP contribution in [-0.4, -0.2) is 37.5 Å². The van der Waals surface area contributed by atoms with Crippen molar-refractivity contribution >= 4 is 21.7 Å². The first kappa shape index (κ1) is 22.8. The highest BCUT2D eigenvalue weighted by atomic mass is 32.2. The van der Waals surface area contributed by atoms with Crippen molar-refractivity contribution in [3.8, 4) is 5.75 Å². The fraction of sp³-hybridized carbons (Fsp3) is 0.273. The number of halogens is 3. The maximum atomic E-state index is 13.0. The van der Waals surface area contributed by atoms with E-state index < -0.39 is 44.5 Å². The van der Waals surface area contributed by atoms with Crippen molar-refractivity contribution < 1.29 is 35.9 Å². The van der Waals surface area contributed by atoms with Gasteiger partial charge in [0.2, 0.25) is 5.91 Å². The Morgan fingerprint density at radius 1 is 1.15 bits per heavy atom. The van der Waals surface area contributed by atoms with E-state index in [-0.39, 0.29) is 23.6 Å². The van der Waals surface area contributed by atoms with Crippen molar-refractivity contribution in [2.75, 3.05) is 0 Å². The fourth-order valence-corrected chi connectivity index (χ4v) is 5.46. The molecule has 0 bridgehead atoms. The van der Waals surface area contributed by atoms with Crippen LogP contribution in [0.2, 0.25) is 0 Å². The summed E-state index contributed by atoms with van der Waals surface area (Å²) >= 11 is 0. The molecule has 2 aliphatic rings. The number of hydrogen-bond donors (Lipinski definition) is 1. The highest BCUT2D eigenvalue weighted by molar-refractivity contribution is 7.90. The number of allylic oxidation sites excluding steroid dienone is 1.